The summed E-state index contributed by atoms with van der Waals surface area (Å²) in [5.41, 5.74) is 0. The molecule has 1 heterocycles. The van der Waals surface area contributed by atoms with Gasteiger partial charge in [-0.05, 0) is 0 Å². The van der Waals surface area contributed by atoms with Crippen molar-refractivity contribution in [2.45, 2.75) is 63.2 Å². The summed E-state index contributed by atoms with van der Waals surface area (Å²) >= 11 is 5.10. The van der Waals surface area contributed by atoms with Crippen LogP contribution in [0.25, 0.3) is 0 Å². The van der Waals surface area contributed by atoms with Crippen molar-refractivity contribution in [3.8, 4) is 0 Å². The van der Waals surface area contributed by atoms with E-state index in [1.807, 2.05) is 0 Å². The quantitative estimate of drug-likeness (QED) is 0.657. The zero-order chi connectivity index (χ0) is 11.6. The minimum atomic E-state index is 0.203. The summed E-state index contributed by atoms with van der Waals surface area (Å²) < 4.78 is 0.203. The first kappa shape index (κ1) is 13.4. The van der Waals surface area contributed by atoms with Gasteiger partial charge in [0.2, 0.25) is 0 Å². The van der Waals surface area contributed by atoms with Crippen molar-refractivity contribution < 1.29 is 15.7 Å². The molecule has 0 nitrogen and oxygen atoms in total. The van der Waals surface area contributed by atoms with E-state index in [9.17, 15) is 0 Å². The fourth-order valence-electron chi connectivity index (χ4n) is 3.66. The van der Waals surface area contributed by atoms with Gasteiger partial charge in [-0.15, -0.1) is 0 Å². The van der Waals surface area contributed by atoms with Crippen LogP contribution in [0.15, 0.2) is 12.0 Å². The van der Waals surface area contributed by atoms with Crippen LogP contribution in [0.2, 0.25) is 22.7 Å². The average molecular weight is 248 g/mol. The van der Waals surface area contributed by atoms with Gasteiger partial charge < -0.3 is 0 Å². The molecule has 1 aliphatic heterocycles. The Bertz CT molecular complexity index is 242. The van der Waals surface area contributed by atoms with Gasteiger partial charge in [-0.3, -0.25) is 0 Å². The van der Waals surface area contributed by atoms with Gasteiger partial charge in [-0.2, -0.15) is 0 Å². The molecule has 1 aliphatic rings. The van der Waals surface area contributed by atoms with Crippen molar-refractivity contribution in [2.75, 3.05) is 0 Å². The molecule has 86 valence electrons. The second-order valence-electron chi connectivity index (χ2n) is 4.80. The van der Waals surface area contributed by atoms with E-state index < -0.39 is 0 Å². The molecular formula is C12H23B2Co. The van der Waals surface area contributed by atoms with Crippen molar-refractivity contribution in [1.82, 2.24) is 0 Å². The topological polar surface area (TPSA) is 0 Å². The molecule has 0 aromatic heterocycles. The van der Waals surface area contributed by atoms with E-state index in [0.717, 1.165) is 5.82 Å². The third-order valence-electron chi connectivity index (χ3n) is 4.39. The van der Waals surface area contributed by atoms with Crippen molar-refractivity contribution in [3.63, 3.8) is 0 Å². The number of hydrogen-bond donors (Lipinski definition) is 0. The van der Waals surface area contributed by atoms with E-state index in [1.165, 1.54) is 30.9 Å². The second-order valence-corrected chi connectivity index (χ2v) is 5.77. The van der Waals surface area contributed by atoms with E-state index in [2.05, 4.69) is 34.3 Å². The number of rotatable bonds is 4. The summed E-state index contributed by atoms with van der Waals surface area (Å²) in [6, 6.07) is 0. The van der Waals surface area contributed by atoms with E-state index in [-0.39, 0.29) is 4.25 Å². The van der Waals surface area contributed by atoms with Gasteiger partial charge in [0.25, 0.3) is 0 Å². The van der Waals surface area contributed by atoms with Gasteiger partial charge in [0.15, 0.2) is 0 Å². The molecule has 0 N–H and O–H groups in total. The molecule has 15 heavy (non-hydrogen) atoms. The Labute approximate surface area is 104 Å². The third kappa shape index (κ3) is 1.98. The van der Waals surface area contributed by atoms with Crippen LogP contribution in [0, 0.1) is 0 Å². The standard InChI is InChI=1S/C12H23B2.Co/c1-6-11-12(7-2)14(9-4)10(5)13(11)8-3;/h11H,5-9H2,1-4H3;. The molecular weight excluding hydrogens is 225 g/mol. The van der Waals surface area contributed by atoms with Gasteiger partial charge in [0, 0.05) is 0 Å². The van der Waals surface area contributed by atoms with Gasteiger partial charge in [0.1, 0.15) is 0 Å². The predicted octanol–water partition coefficient (Wildman–Crippen LogP) is 4.10. The van der Waals surface area contributed by atoms with E-state index >= 15 is 0 Å². The molecule has 2 unspecified atom stereocenters. The maximum absolute atomic E-state index is 5.10. The van der Waals surface area contributed by atoms with Crippen molar-refractivity contribution in [2.24, 2.45) is 0 Å². The Morgan fingerprint density at radius 3 is 2.20 bits per heavy atom. The predicted molar refractivity (Wildman–Crippen MR) is 68.6 cm³/mol. The molecule has 0 aromatic rings. The van der Waals surface area contributed by atoms with Crippen LogP contribution in [0.3, 0.4) is 0 Å². The molecule has 0 aromatic carbocycles. The first-order valence-corrected chi connectivity index (χ1v) is 6.94. The third-order valence-corrected chi connectivity index (χ3v) is 5.50. The SMILES string of the molecule is C=C1B(CC)C(CC)[C]([Co])(CC)B1CC. The zero-order valence-electron chi connectivity index (χ0n) is 10.6. The van der Waals surface area contributed by atoms with Crippen molar-refractivity contribution in [1.29, 1.82) is 0 Å². The van der Waals surface area contributed by atoms with Crippen LogP contribution in [0.5, 0.6) is 0 Å². The van der Waals surface area contributed by atoms with Crippen LogP contribution in [-0.4, -0.2) is 13.4 Å². The van der Waals surface area contributed by atoms with Crippen LogP contribution in [0.4, 0.5) is 0 Å². The maximum atomic E-state index is 5.10. The van der Waals surface area contributed by atoms with Gasteiger partial charge in [-0.25, -0.2) is 0 Å². The monoisotopic (exact) mass is 248 g/mol. The van der Waals surface area contributed by atoms with Crippen LogP contribution >= 0.6 is 0 Å². The number of hydrogen-bond acceptors (Lipinski definition) is 0. The average Bonchev–Trinajstić information content (AvgIpc) is 2.46. The van der Waals surface area contributed by atoms with Crippen molar-refractivity contribution in [3.05, 3.63) is 12.0 Å². The summed E-state index contributed by atoms with van der Waals surface area (Å²) in [7, 11) is 0. The molecule has 2 atom stereocenters. The fourth-order valence-corrected chi connectivity index (χ4v) is 4.49. The van der Waals surface area contributed by atoms with E-state index in [0.29, 0.717) is 13.4 Å². The Hall–Kier alpha value is 0.376. The van der Waals surface area contributed by atoms with Crippen LogP contribution in [0.1, 0.15) is 40.5 Å². The Morgan fingerprint density at radius 2 is 1.87 bits per heavy atom. The molecule has 0 spiro atoms. The minimum absolute atomic E-state index is 0.203. The van der Waals surface area contributed by atoms with Gasteiger partial charge >= 0.3 is 104 Å². The Kier molecular flexibility index (Phi) is 4.60. The molecule has 0 radical (unpaired) electrons. The first-order chi connectivity index (χ1) is 7.06. The molecule has 0 bridgehead atoms. The zero-order valence-corrected chi connectivity index (χ0v) is 11.6. The molecule has 1 saturated heterocycles. The fraction of sp³-hybridized carbons (Fsp3) is 0.833. The van der Waals surface area contributed by atoms with Gasteiger partial charge in [0.05, 0.1) is 0 Å². The summed E-state index contributed by atoms with van der Waals surface area (Å²) in [6.45, 7) is 14.8. The molecule has 3 heteroatoms. The van der Waals surface area contributed by atoms with Crippen molar-refractivity contribution >= 4 is 13.4 Å². The van der Waals surface area contributed by atoms with E-state index in [4.69, 9.17) is 15.7 Å². The van der Waals surface area contributed by atoms with E-state index in [1.54, 1.807) is 0 Å². The molecule has 0 aliphatic carbocycles. The molecule has 1 fully saturated rings. The van der Waals surface area contributed by atoms with Crippen LogP contribution < -0.4 is 0 Å². The van der Waals surface area contributed by atoms with Gasteiger partial charge in [-0.1, -0.05) is 0 Å². The van der Waals surface area contributed by atoms with Crippen LogP contribution in [-0.2, 0) is 15.7 Å². The first-order valence-electron chi connectivity index (χ1n) is 6.41. The normalized spacial score (nSPS) is 31.6. The Balaban J connectivity index is 3.07. The summed E-state index contributed by atoms with van der Waals surface area (Å²) in [4.78, 5) is 0. The molecule has 0 amide bonds. The summed E-state index contributed by atoms with van der Waals surface area (Å²) in [6.07, 6.45) is 4.83. The Morgan fingerprint density at radius 1 is 1.27 bits per heavy atom. The summed E-state index contributed by atoms with van der Waals surface area (Å²) in [5.74, 6) is 0.727. The second kappa shape index (κ2) is 5.14. The molecule has 0 saturated carbocycles. The molecule has 1 rings (SSSR count). The summed E-state index contributed by atoms with van der Waals surface area (Å²) in [5, 5.41) is 1.47.